The quantitative estimate of drug-likeness (QED) is 0.494. The molecule has 0 radical (unpaired) electrons. The fourth-order valence-corrected chi connectivity index (χ4v) is 4.82. The van der Waals surface area contributed by atoms with Crippen LogP contribution >= 0.6 is 11.8 Å². The van der Waals surface area contributed by atoms with Gasteiger partial charge < -0.3 is 4.57 Å². The van der Waals surface area contributed by atoms with E-state index in [0.29, 0.717) is 0 Å². The molecule has 0 aliphatic carbocycles. The molecule has 0 N–H and O–H groups in total. The van der Waals surface area contributed by atoms with Gasteiger partial charge in [0.1, 0.15) is 0 Å². The van der Waals surface area contributed by atoms with Crippen molar-refractivity contribution >= 4 is 32.8 Å². The normalized spacial score (nSPS) is 12.1. The number of nitrogens with zero attached hydrogens (tertiary/aromatic N) is 4. The monoisotopic (exact) mass is 418 g/mol. The molecule has 8 heteroatoms. The molecule has 0 amide bonds. The largest absolute Gasteiger partial charge is 0.319 e. The Morgan fingerprint density at radius 3 is 2.68 bits per heavy atom. The topological polar surface area (TPSA) is 68.1 Å². The first-order valence-corrected chi connectivity index (χ1v) is 11.8. The van der Waals surface area contributed by atoms with E-state index < -0.39 is 10.0 Å². The molecule has 0 unspecified atom stereocenters. The summed E-state index contributed by atoms with van der Waals surface area (Å²) in [6.07, 6.45) is 4.81. The first-order chi connectivity index (χ1) is 13.4. The number of thioether (sulfide) groups is 1. The summed E-state index contributed by atoms with van der Waals surface area (Å²) in [7, 11) is -0.393. The lowest BCUT2D eigenvalue weighted by atomic mass is 10.3. The molecule has 0 aliphatic heterocycles. The van der Waals surface area contributed by atoms with Crippen LogP contribution in [0.1, 0.15) is 25.5 Å². The summed E-state index contributed by atoms with van der Waals surface area (Å²) in [4.78, 5) is 9.39. The number of aryl methyl sites for hydroxylation is 2. The van der Waals surface area contributed by atoms with Gasteiger partial charge in [0.05, 0.1) is 15.9 Å². The van der Waals surface area contributed by atoms with Gasteiger partial charge in [0.15, 0.2) is 5.16 Å². The Labute approximate surface area is 171 Å². The number of unbranched alkanes of at least 4 members (excludes halogenated alkanes) is 1. The maximum absolute atomic E-state index is 12.4. The minimum absolute atomic E-state index is 0.273. The predicted molar refractivity (Wildman–Crippen MR) is 114 cm³/mol. The van der Waals surface area contributed by atoms with Crippen molar-refractivity contribution in [1.82, 2.24) is 18.8 Å². The highest BCUT2D eigenvalue weighted by Crippen LogP contribution is 2.27. The molecule has 2 heterocycles. The number of hydrogen-bond donors (Lipinski definition) is 0. The molecule has 0 saturated carbocycles. The summed E-state index contributed by atoms with van der Waals surface area (Å²) in [6, 6.07) is 11.2. The van der Waals surface area contributed by atoms with Crippen LogP contribution in [-0.2, 0) is 23.0 Å². The molecule has 3 aromatic rings. The van der Waals surface area contributed by atoms with Gasteiger partial charge in [-0.2, -0.15) is 0 Å². The molecule has 0 saturated heterocycles. The van der Waals surface area contributed by atoms with Gasteiger partial charge in [-0.15, -0.1) is 0 Å². The van der Waals surface area contributed by atoms with Crippen molar-refractivity contribution in [2.24, 2.45) is 0 Å². The van der Waals surface area contributed by atoms with Gasteiger partial charge in [-0.25, -0.2) is 17.7 Å². The third-order valence-electron chi connectivity index (χ3n) is 4.51. The first kappa shape index (κ1) is 20.8. The molecule has 2 aromatic heterocycles. The number of aromatic nitrogens is 3. The fraction of sp³-hybridized carbons (Fsp3) is 0.400. The zero-order valence-electron chi connectivity index (χ0n) is 16.5. The van der Waals surface area contributed by atoms with Crippen LogP contribution in [0.2, 0.25) is 0 Å². The lowest BCUT2D eigenvalue weighted by Gasteiger charge is -2.11. The predicted octanol–water partition coefficient (Wildman–Crippen LogP) is 3.82. The molecular weight excluding hydrogens is 392 g/mol. The Kier molecular flexibility index (Phi) is 6.74. The van der Waals surface area contributed by atoms with E-state index in [1.54, 1.807) is 23.9 Å². The van der Waals surface area contributed by atoms with E-state index >= 15 is 0 Å². The fourth-order valence-electron chi connectivity index (χ4n) is 2.89. The van der Waals surface area contributed by atoms with Gasteiger partial charge in [0.25, 0.3) is 0 Å². The van der Waals surface area contributed by atoms with Crippen molar-refractivity contribution in [3.05, 3.63) is 48.3 Å². The Morgan fingerprint density at radius 1 is 1.18 bits per heavy atom. The second kappa shape index (κ2) is 9.07. The third-order valence-corrected chi connectivity index (χ3v) is 7.30. The number of benzene rings is 1. The standard InChI is InChI=1S/C20H26N4O2S2/c1-4-5-13-24-19-10-9-17(28(25,26)23(2)3)15-18(19)22-20(24)27-14-11-16-8-6-7-12-21-16/h6-10,12,15H,4-5,11,13-14H2,1-3H3. The lowest BCUT2D eigenvalue weighted by molar-refractivity contribution is 0.521. The summed E-state index contributed by atoms with van der Waals surface area (Å²) in [6.45, 7) is 3.04. The Morgan fingerprint density at radius 2 is 2.00 bits per heavy atom. The van der Waals surface area contributed by atoms with E-state index in [9.17, 15) is 8.42 Å². The van der Waals surface area contributed by atoms with Crippen LogP contribution in [0.5, 0.6) is 0 Å². The highest BCUT2D eigenvalue weighted by molar-refractivity contribution is 7.99. The Balaban J connectivity index is 1.89. The first-order valence-electron chi connectivity index (χ1n) is 9.39. The molecule has 0 spiro atoms. The third kappa shape index (κ3) is 4.56. The number of sulfonamides is 1. The number of fused-ring (bicyclic) bond motifs is 1. The van der Waals surface area contributed by atoms with Crippen molar-refractivity contribution in [2.75, 3.05) is 19.8 Å². The summed E-state index contributed by atoms with van der Waals surface area (Å²) in [5.41, 5.74) is 2.76. The minimum atomic E-state index is -3.47. The van der Waals surface area contributed by atoms with E-state index in [0.717, 1.165) is 53.4 Å². The van der Waals surface area contributed by atoms with E-state index in [4.69, 9.17) is 4.98 Å². The van der Waals surface area contributed by atoms with Gasteiger partial charge in [-0.3, -0.25) is 4.98 Å². The van der Waals surface area contributed by atoms with Gasteiger partial charge >= 0.3 is 0 Å². The second-order valence-corrected chi connectivity index (χ2v) is 9.97. The number of imidazole rings is 1. The summed E-state index contributed by atoms with van der Waals surface area (Å²) in [5.74, 6) is 0.870. The summed E-state index contributed by atoms with van der Waals surface area (Å²) in [5, 5.41) is 0.929. The van der Waals surface area contributed by atoms with Crippen LogP contribution in [0, 0.1) is 0 Å². The minimum Gasteiger partial charge on any atom is -0.319 e. The maximum Gasteiger partial charge on any atom is 0.242 e. The van der Waals surface area contributed by atoms with E-state index in [1.165, 1.54) is 18.4 Å². The molecule has 28 heavy (non-hydrogen) atoms. The number of rotatable bonds is 9. The average molecular weight is 419 g/mol. The molecular formula is C20H26N4O2S2. The molecule has 0 bridgehead atoms. The summed E-state index contributed by atoms with van der Waals surface area (Å²) >= 11 is 1.69. The van der Waals surface area contributed by atoms with E-state index in [2.05, 4.69) is 16.5 Å². The van der Waals surface area contributed by atoms with Crippen molar-refractivity contribution in [1.29, 1.82) is 0 Å². The molecule has 6 nitrogen and oxygen atoms in total. The number of pyridine rings is 1. The second-order valence-electron chi connectivity index (χ2n) is 6.76. The summed E-state index contributed by atoms with van der Waals surface area (Å²) < 4.78 is 28.3. The Bertz CT molecular complexity index is 1030. The van der Waals surface area contributed by atoms with Crippen LogP contribution in [0.4, 0.5) is 0 Å². The van der Waals surface area contributed by atoms with E-state index in [-0.39, 0.29) is 4.90 Å². The number of hydrogen-bond acceptors (Lipinski definition) is 5. The van der Waals surface area contributed by atoms with Crippen molar-refractivity contribution < 1.29 is 8.42 Å². The van der Waals surface area contributed by atoms with Crippen LogP contribution in [0.15, 0.2) is 52.6 Å². The molecule has 0 fully saturated rings. The molecule has 0 aliphatic rings. The van der Waals surface area contributed by atoms with Gasteiger partial charge in [-0.1, -0.05) is 31.2 Å². The van der Waals surface area contributed by atoms with Crippen LogP contribution < -0.4 is 0 Å². The van der Waals surface area contributed by atoms with E-state index in [1.807, 2.05) is 30.5 Å². The highest BCUT2D eigenvalue weighted by Gasteiger charge is 2.19. The molecule has 3 rings (SSSR count). The SMILES string of the molecule is CCCCn1c(SCCc2ccccn2)nc2cc(S(=O)(=O)N(C)C)ccc21. The zero-order chi connectivity index (χ0) is 20.1. The van der Waals surface area contributed by atoms with Gasteiger partial charge in [0, 0.05) is 38.3 Å². The van der Waals surface area contributed by atoms with Crippen LogP contribution in [0.3, 0.4) is 0 Å². The average Bonchev–Trinajstić information content (AvgIpc) is 3.03. The van der Waals surface area contributed by atoms with Crippen LogP contribution in [-0.4, -0.2) is 47.1 Å². The van der Waals surface area contributed by atoms with Crippen LogP contribution in [0.25, 0.3) is 11.0 Å². The Hall–Kier alpha value is -1.90. The van der Waals surface area contributed by atoms with Gasteiger partial charge in [-0.05, 0) is 43.2 Å². The lowest BCUT2D eigenvalue weighted by Crippen LogP contribution is -2.22. The van der Waals surface area contributed by atoms with Crippen molar-refractivity contribution in [3.63, 3.8) is 0 Å². The highest BCUT2D eigenvalue weighted by atomic mass is 32.2. The smallest absolute Gasteiger partial charge is 0.242 e. The van der Waals surface area contributed by atoms with Gasteiger partial charge in [0.2, 0.25) is 10.0 Å². The zero-order valence-corrected chi connectivity index (χ0v) is 18.1. The van der Waals surface area contributed by atoms with Crippen molar-refractivity contribution in [3.8, 4) is 0 Å². The molecule has 1 aromatic carbocycles. The van der Waals surface area contributed by atoms with Crippen molar-refractivity contribution in [2.45, 2.75) is 42.8 Å². The maximum atomic E-state index is 12.4. The molecule has 150 valence electrons. The molecule has 0 atom stereocenters.